The zero-order valence-corrected chi connectivity index (χ0v) is 8.87. The fourth-order valence-electron chi connectivity index (χ4n) is 0.894. The van der Waals surface area contributed by atoms with Crippen molar-refractivity contribution in [2.45, 2.75) is 6.10 Å². The van der Waals surface area contributed by atoms with Gasteiger partial charge in [-0.15, -0.1) is 0 Å². The van der Waals surface area contributed by atoms with Crippen molar-refractivity contribution in [2.24, 2.45) is 5.73 Å². The number of nitrogens with one attached hydrogen (secondary N) is 1. The molecule has 1 aromatic rings. The van der Waals surface area contributed by atoms with Gasteiger partial charge in [-0.1, -0.05) is 0 Å². The first-order valence-corrected chi connectivity index (χ1v) is 4.84. The number of aromatic nitrogens is 1. The SMILES string of the molecule is COc1c(N)nsc1NCC(O)C(N)=O. The van der Waals surface area contributed by atoms with E-state index in [9.17, 15) is 4.79 Å². The Hall–Kier alpha value is -1.54. The summed E-state index contributed by atoms with van der Waals surface area (Å²) in [6.45, 7) is -0.00662. The van der Waals surface area contributed by atoms with Gasteiger partial charge in [0.2, 0.25) is 5.91 Å². The summed E-state index contributed by atoms with van der Waals surface area (Å²) in [6, 6.07) is 0. The number of hydrogen-bond donors (Lipinski definition) is 4. The molecule has 0 radical (unpaired) electrons. The number of carbonyl (C=O) groups is 1. The van der Waals surface area contributed by atoms with Crippen LogP contribution in [0.2, 0.25) is 0 Å². The quantitative estimate of drug-likeness (QED) is 0.516. The number of nitrogens with zero attached hydrogens (tertiary/aromatic N) is 1. The normalized spacial score (nSPS) is 12.1. The third-order valence-electron chi connectivity index (χ3n) is 1.66. The summed E-state index contributed by atoms with van der Waals surface area (Å²) in [5.41, 5.74) is 10.4. The van der Waals surface area contributed by atoms with E-state index in [1.54, 1.807) is 0 Å². The molecule has 1 atom stereocenters. The molecular weight excluding hydrogens is 220 g/mol. The molecule has 0 aromatic carbocycles. The van der Waals surface area contributed by atoms with Crippen LogP contribution in [0.5, 0.6) is 5.75 Å². The van der Waals surface area contributed by atoms with Crippen LogP contribution in [0.3, 0.4) is 0 Å². The van der Waals surface area contributed by atoms with Crippen LogP contribution in [0.15, 0.2) is 0 Å². The summed E-state index contributed by atoms with van der Waals surface area (Å²) in [4.78, 5) is 10.5. The van der Waals surface area contributed by atoms with Crippen molar-refractivity contribution >= 4 is 28.3 Å². The number of hydrogen-bond acceptors (Lipinski definition) is 7. The summed E-state index contributed by atoms with van der Waals surface area (Å²) in [5, 5.41) is 12.5. The van der Waals surface area contributed by atoms with Crippen LogP contribution in [0, 0.1) is 0 Å². The first kappa shape index (κ1) is 11.5. The molecule has 1 rings (SSSR count). The van der Waals surface area contributed by atoms with Gasteiger partial charge < -0.3 is 26.6 Å². The molecule has 0 saturated heterocycles. The fraction of sp³-hybridized carbons (Fsp3) is 0.429. The highest BCUT2D eigenvalue weighted by Crippen LogP contribution is 2.34. The molecule has 1 unspecified atom stereocenters. The lowest BCUT2D eigenvalue weighted by molar-refractivity contribution is -0.125. The number of carbonyl (C=O) groups excluding carboxylic acids is 1. The van der Waals surface area contributed by atoms with Crippen molar-refractivity contribution in [3.8, 4) is 5.75 Å². The second-order valence-corrected chi connectivity index (χ2v) is 3.50. The molecule has 8 heteroatoms. The first-order chi connectivity index (χ1) is 7.06. The average Bonchev–Trinajstić information content (AvgIpc) is 2.55. The summed E-state index contributed by atoms with van der Waals surface area (Å²) in [6.07, 6.45) is -1.25. The molecule has 0 spiro atoms. The molecule has 6 N–H and O–H groups in total. The van der Waals surface area contributed by atoms with Crippen molar-refractivity contribution in [2.75, 3.05) is 24.7 Å². The van der Waals surface area contributed by atoms with Crippen LogP contribution in [0.1, 0.15) is 0 Å². The minimum Gasteiger partial charge on any atom is -0.490 e. The molecule has 0 aliphatic heterocycles. The molecule has 0 saturated carbocycles. The van der Waals surface area contributed by atoms with Gasteiger partial charge >= 0.3 is 0 Å². The second kappa shape index (κ2) is 4.80. The highest BCUT2D eigenvalue weighted by molar-refractivity contribution is 7.11. The van der Waals surface area contributed by atoms with Crippen molar-refractivity contribution in [1.29, 1.82) is 0 Å². The Morgan fingerprint density at radius 3 is 3.00 bits per heavy atom. The Kier molecular flexibility index (Phi) is 3.69. The maximum atomic E-state index is 10.5. The summed E-state index contributed by atoms with van der Waals surface area (Å²) >= 11 is 1.08. The number of nitrogen functional groups attached to an aromatic ring is 1. The largest absolute Gasteiger partial charge is 0.490 e. The van der Waals surface area contributed by atoms with Gasteiger partial charge in [-0.2, -0.15) is 4.37 Å². The number of rotatable bonds is 5. The molecule has 1 aromatic heterocycles. The first-order valence-electron chi connectivity index (χ1n) is 4.06. The number of methoxy groups -OCH3 is 1. The van der Waals surface area contributed by atoms with E-state index in [4.69, 9.17) is 21.3 Å². The molecular formula is C7H12N4O3S. The molecule has 0 fully saturated rings. The Bertz CT molecular complexity index is 354. The van der Waals surface area contributed by atoms with Gasteiger partial charge in [0.25, 0.3) is 0 Å². The van der Waals surface area contributed by atoms with Gasteiger partial charge in [0.05, 0.1) is 13.7 Å². The number of aliphatic hydroxyl groups excluding tert-OH is 1. The van der Waals surface area contributed by atoms with Crippen molar-refractivity contribution in [3.63, 3.8) is 0 Å². The highest BCUT2D eigenvalue weighted by Gasteiger charge is 2.15. The smallest absolute Gasteiger partial charge is 0.248 e. The van der Waals surface area contributed by atoms with E-state index in [1.807, 2.05) is 0 Å². The summed E-state index contributed by atoms with van der Waals surface area (Å²) in [5.74, 6) is -0.130. The topological polar surface area (TPSA) is 123 Å². The van der Waals surface area contributed by atoms with Gasteiger partial charge in [-0.05, 0) is 11.5 Å². The van der Waals surface area contributed by atoms with E-state index in [-0.39, 0.29) is 12.4 Å². The predicted molar refractivity (Wildman–Crippen MR) is 56.8 cm³/mol. The number of ether oxygens (including phenoxy) is 1. The predicted octanol–water partition coefficient (Wildman–Crippen LogP) is -1.01. The number of primary amides is 1. The number of aliphatic hydroxyl groups is 1. The van der Waals surface area contributed by atoms with E-state index >= 15 is 0 Å². The van der Waals surface area contributed by atoms with Crippen LogP contribution in [0.4, 0.5) is 10.8 Å². The van der Waals surface area contributed by atoms with Crippen LogP contribution in [-0.2, 0) is 4.79 Å². The minimum atomic E-state index is -1.25. The monoisotopic (exact) mass is 232 g/mol. The van der Waals surface area contributed by atoms with Gasteiger partial charge in [-0.25, -0.2) is 0 Å². The van der Waals surface area contributed by atoms with Crippen molar-refractivity contribution in [1.82, 2.24) is 4.37 Å². The third-order valence-corrected chi connectivity index (χ3v) is 2.46. The van der Waals surface area contributed by atoms with Gasteiger partial charge in [0.1, 0.15) is 6.10 Å². The number of nitrogens with two attached hydrogens (primary N) is 2. The van der Waals surface area contributed by atoms with E-state index in [2.05, 4.69) is 9.69 Å². The number of amides is 1. The van der Waals surface area contributed by atoms with Gasteiger partial charge in [-0.3, -0.25) is 4.79 Å². The Morgan fingerprint density at radius 1 is 1.80 bits per heavy atom. The lowest BCUT2D eigenvalue weighted by Crippen LogP contribution is -2.34. The molecule has 7 nitrogen and oxygen atoms in total. The maximum Gasteiger partial charge on any atom is 0.248 e. The van der Waals surface area contributed by atoms with E-state index in [0.717, 1.165) is 11.5 Å². The average molecular weight is 232 g/mol. The zero-order valence-electron chi connectivity index (χ0n) is 8.06. The van der Waals surface area contributed by atoms with E-state index < -0.39 is 12.0 Å². The van der Waals surface area contributed by atoms with Crippen LogP contribution in [0.25, 0.3) is 0 Å². The standard InChI is InChI=1S/C7H12N4O3S/c1-14-4-5(8)11-15-7(4)10-2-3(12)6(9)13/h3,10,12H,2H2,1H3,(H2,8,11)(H2,9,13). The Morgan fingerprint density at radius 2 is 2.47 bits per heavy atom. The highest BCUT2D eigenvalue weighted by atomic mass is 32.1. The minimum absolute atomic E-state index is 0.00662. The molecule has 15 heavy (non-hydrogen) atoms. The van der Waals surface area contributed by atoms with Gasteiger partial charge in [0.15, 0.2) is 16.6 Å². The third kappa shape index (κ3) is 2.70. The molecule has 0 aliphatic carbocycles. The molecule has 1 amide bonds. The van der Waals surface area contributed by atoms with E-state index in [1.165, 1.54) is 7.11 Å². The zero-order chi connectivity index (χ0) is 11.4. The van der Waals surface area contributed by atoms with Gasteiger partial charge in [0, 0.05) is 0 Å². The fourth-order valence-corrected chi connectivity index (χ4v) is 1.59. The second-order valence-electron chi connectivity index (χ2n) is 2.73. The maximum absolute atomic E-state index is 10.5. The lowest BCUT2D eigenvalue weighted by atomic mass is 10.3. The molecule has 1 heterocycles. The Labute approximate surface area is 90.2 Å². The molecule has 0 bridgehead atoms. The van der Waals surface area contributed by atoms with Crippen LogP contribution < -0.4 is 21.5 Å². The van der Waals surface area contributed by atoms with Crippen LogP contribution in [-0.4, -0.2) is 35.1 Å². The number of anilines is 2. The summed E-state index contributed by atoms with van der Waals surface area (Å²) < 4.78 is 8.82. The summed E-state index contributed by atoms with van der Waals surface area (Å²) in [7, 11) is 1.45. The van der Waals surface area contributed by atoms with Crippen molar-refractivity contribution in [3.05, 3.63) is 0 Å². The Balaban J connectivity index is 2.61. The van der Waals surface area contributed by atoms with E-state index in [0.29, 0.717) is 10.8 Å². The van der Waals surface area contributed by atoms with Crippen LogP contribution >= 0.6 is 11.5 Å². The lowest BCUT2D eigenvalue weighted by Gasteiger charge is -2.08. The molecule has 84 valence electrons. The van der Waals surface area contributed by atoms with Crippen molar-refractivity contribution < 1.29 is 14.6 Å². The molecule has 0 aliphatic rings.